The van der Waals surface area contributed by atoms with E-state index in [9.17, 15) is 4.79 Å². The summed E-state index contributed by atoms with van der Waals surface area (Å²) in [5.74, 6) is 1.10. The van der Waals surface area contributed by atoms with Crippen LogP contribution in [0.3, 0.4) is 0 Å². The molecule has 4 rings (SSSR count). The highest BCUT2D eigenvalue weighted by molar-refractivity contribution is 5.93. The monoisotopic (exact) mass is 399 g/mol. The zero-order chi connectivity index (χ0) is 21.4. The Morgan fingerprint density at radius 3 is 2.53 bits per heavy atom. The Morgan fingerprint density at radius 2 is 1.77 bits per heavy atom. The highest BCUT2D eigenvalue weighted by atomic mass is 16.1. The second-order valence-electron chi connectivity index (χ2n) is 7.75. The molecule has 2 heterocycles. The smallest absolute Gasteiger partial charge is 0.253 e. The number of rotatable bonds is 4. The molecule has 152 valence electrons. The van der Waals surface area contributed by atoms with Crippen LogP contribution in [0.25, 0.3) is 17.2 Å². The molecule has 4 aromatic rings. The zero-order valence-corrected chi connectivity index (χ0v) is 17.9. The molecule has 0 saturated heterocycles. The number of hydrogen-bond acceptors (Lipinski definition) is 4. The number of nitrogens with one attached hydrogen (secondary N) is 1. The number of aromatic nitrogens is 4. The van der Waals surface area contributed by atoms with E-state index in [-0.39, 0.29) is 12.3 Å². The Labute approximate surface area is 176 Å². The van der Waals surface area contributed by atoms with Crippen molar-refractivity contribution in [2.24, 2.45) is 0 Å². The summed E-state index contributed by atoms with van der Waals surface area (Å²) in [4.78, 5) is 22.0. The fourth-order valence-electron chi connectivity index (χ4n) is 3.61. The molecule has 6 heteroatoms. The van der Waals surface area contributed by atoms with Crippen LogP contribution in [0.15, 0.2) is 42.5 Å². The predicted octanol–water partition coefficient (Wildman–Crippen LogP) is 4.51. The van der Waals surface area contributed by atoms with E-state index >= 15 is 0 Å². The van der Waals surface area contributed by atoms with Crippen molar-refractivity contribution in [2.75, 3.05) is 5.32 Å². The van der Waals surface area contributed by atoms with Crippen LogP contribution in [-0.2, 0) is 11.2 Å². The SMILES string of the molecule is Cc1cccc(-c2nc3nc(C)c(CC(=O)Nc4cccc(C)c4C)c(C)n3n2)c1. The minimum atomic E-state index is -0.0740. The molecular formula is C24H25N5O. The van der Waals surface area contributed by atoms with Crippen LogP contribution in [0.4, 0.5) is 5.69 Å². The van der Waals surface area contributed by atoms with Crippen LogP contribution in [0.5, 0.6) is 0 Å². The Kier molecular flexibility index (Phi) is 5.08. The summed E-state index contributed by atoms with van der Waals surface area (Å²) in [6.07, 6.45) is 0.230. The molecule has 0 spiro atoms. The molecule has 0 atom stereocenters. The fraction of sp³-hybridized carbons (Fsp3) is 0.250. The van der Waals surface area contributed by atoms with Gasteiger partial charge in [-0.1, -0.05) is 35.9 Å². The first kappa shape index (κ1) is 19.8. The molecule has 2 aromatic carbocycles. The number of carbonyl (C=O) groups is 1. The van der Waals surface area contributed by atoms with Crippen molar-refractivity contribution in [2.45, 2.75) is 41.0 Å². The van der Waals surface area contributed by atoms with Crippen molar-refractivity contribution in [1.29, 1.82) is 0 Å². The lowest BCUT2D eigenvalue weighted by atomic mass is 10.1. The summed E-state index contributed by atoms with van der Waals surface area (Å²) < 4.78 is 1.73. The largest absolute Gasteiger partial charge is 0.326 e. The van der Waals surface area contributed by atoms with Gasteiger partial charge in [0.15, 0.2) is 5.82 Å². The Hall–Kier alpha value is -3.54. The van der Waals surface area contributed by atoms with Crippen LogP contribution in [0, 0.1) is 34.6 Å². The van der Waals surface area contributed by atoms with E-state index in [1.54, 1.807) is 4.52 Å². The summed E-state index contributed by atoms with van der Waals surface area (Å²) in [5.41, 5.74) is 7.70. The third-order valence-electron chi connectivity index (χ3n) is 5.54. The molecule has 0 aliphatic rings. The molecule has 0 radical (unpaired) electrons. The van der Waals surface area contributed by atoms with Crippen LogP contribution in [0.2, 0.25) is 0 Å². The maximum Gasteiger partial charge on any atom is 0.253 e. The van der Waals surface area contributed by atoms with Crippen molar-refractivity contribution in [3.8, 4) is 11.4 Å². The lowest BCUT2D eigenvalue weighted by Gasteiger charge is -2.13. The number of aryl methyl sites for hydroxylation is 4. The van der Waals surface area contributed by atoms with E-state index in [0.29, 0.717) is 11.6 Å². The number of nitrogens with zero attached hydrogens (tertiary/aromatic N) is 4. The van der Waals surface area contributed by atoms with Crippen molar-refractivity contribution in [3.05, 3.63) is 76.1 Å². The number of benzene rings is 2. The highest BCUT2D eigenvalue weighted by Gasteiger charge is 2.17. The zero-order valence-electron chi connectivity index (χ0n) is 17.9. The van der Waals surface area contributed by atoms with E-state index in [0.717, 1.165) is 44.9 Å². The van der Waals surface area contributed by atoms with Gasteiger partial charge in [-0.05, 0) is 57.9 Å². The predicted molar refractivity (Wildman–Crippen MR) is 119 cm³/mol. The van der Waals surface area contributed by atoms with Crippen LogP contribution >= 0.6 is 0 Å². The Balaban J connectivity index is 1.66. The third-order valence-corrected chi connectivity index (χ3v) is 5.54. The summed E-state index contributed by atoms with van der Waals surface area (Å²) in [6, 6.07) is 14.0. The van der Waals surface area contributed by atoms with Gasteiger partial charge in [0.05, 0.1) is 6.42 Å². The van der Waals surface area contributed by atoms with Gasteiger partial charge in [-0.15, -0.1) is 5.10 Å². The first-order valence-corrected chi connectivity index (χ1v) is 9.99. The molecule has 0 fully saturated rings. The van der Waals surface area contributed by atoms with Crippen LogP contribution in [-0.4, -0.2) is 25.5 Å². The first-order valence-electron chi connectivity index (χ1n) is 9.99. The number of hydrogen-bond donors (Lipinski definition) is 1. The molecule has 0 aliphatic carbocycles. The number of amides is 1. The van der Waals surface area contributed by atoms with E-state index in [4.69, 9.17) is 0 Å². The average Bonchev–Trinajstić information content (AvgIpc) is 3.13. The molecule has 30 heavy (non-hydrogen) atoms. The van der Waals surface area contributed by atoms with Gasteiger partial charge in [-0.2, -0.15) is 4.98 Å². The normalized spacial score (nSPS) is 11.1. The molecule has 2 aromatic heterocycles. The van der Waals surface area contributed by atoms with Gasteiger partial charge in [-0.25, -0.2) is 9.50 Å². The van der Waals surface area contributed by atoms with Crippen LogP contribution < -0.4 is 5.32 Å². The summed E-state index contributed by atoms with van der Waals surface area (Å²) in [5, 5.41) is 7.68. The lowest BCUT2D eigenvalue weighted by Crippen LogP contribution is -2.18. The number of fused-ring (bicyclic) bond motifs is 1. The molecule has 0 saturated carbocycles. The molecule has 0 aliphatic heterocycles. The molecule has 6 nitrogen and oxygen atoms in total. The van der Waals surface area contributed by atoms with Gasteiger partial charge in [-0.3, -0.25) is 4.79 Å². The fourth-order valence-corrected chi connectivity index (χ4v) is 3.61. The first-order chi connectivity index (χ1) is 14.3. The maximum absolute atomic E-state index is 12.8. The van der Waals surface area contributed by atoms with E-state index in [1.165, 1.54) is 0 Å². The minimum Gasteiger partial charge on any atom is -0.326 e. The highest BCUT2D eigenvalue weighted by Crippen LogP contribution is 2.22. The van der Waals surface area contributed by atoms with Crippen molar-refractivity contribution in [1.82, 2.24) is 19.6 Å². The number of anilines is 1. The Morgan fingerprint density at radius 1 is 1.00 bits per heavy atom. The quantitative estimate of drug-likeness (QED) is 0.548. The van der Waals surface area contributed by atoms with Crippen molar-refractivity contribution >= 4 is 17.4 Å². The molecule has 1 N–H and O–H groups in total. The molecule has 0 bridgehead atoms. The van der Waals surface area contributed by atoms with Crippen molar-refractivity contribution in [3.63, 3.8) is 0 Å². The molecule has 0 unspecified atom stereocenters. The standard InChI is InChI=1S/C24H25N5O/c1-14-8-6-10-19(12-14)23-27-24-25-17(4)20(18(5)29(24)28-23)13-22(30)26-21-11-7-9-15(2)16(21)3/h6-12H,13H2,1-5H3,(H,26,30). The van der Waals surface area contributed by atoms with Gasteiger partial charge < -0.3 is 5.32 Å². The summed E-state index contributed by atoms with van der Waals surface area (Å²) in [6.45, 7) is 9.95. The van der Waals surface area contributed by atoms with Gasteiger partial charge >= 0.3 is 0 Å². The van der Waals surface area contributed by atoms with Gasteiger partial charge in [0.25, 0.3) is 5.78 Å². The van der Waals surface area contributed by atoms with Gasteiger partial charge in [0, 0.05) is 28.2 Å². The van der Waals surface area contributed by atoms with E-state index in [1.807, 2.05) is 71.0 Å². The lowest BCUT2D eigenvalue weighted by molar-refractivity contribution is -0.115. The maximum atomic E-state index is 12.8. The Bertz CT molecular complexity index is 1270. The number of carbonyl (C=O) groups excluding carboxylic acids is 1. The average molecular weight is 399 g/mol. The summed E-state index contributed by atoms with van der Waals surface area (Å²) >= 11 is 0. The second kappa shape index (κ2) is 7.71. The second-order valence-corrected chi connectivity index (χ2v) is 7.75. The van der Waals surface area contributed by atoms with Crippen molar-refractivity contribution < 1.29 is 4.79 Å². The van der Waals surface area contributed by atoms with Crippen LogP contribution in [0.1, 0.15) is 33.6 Å². The minimum absolute atomic E-state index is 0.0740. The van der Waals surface area contributed by atoms with E-state index < -0.39 is 0 Å². The van der Waals surface area contributed by atoms with Gasteiger partial charge in [0.1, 0.15) is 0 Å². The molecule has 1 amide bonds. The topological polar surface area (TPSA) is 72.2 Å². The third kappa shape index (κ3) is 3.68. The summed E-state index contributed by atoms with van der Waals surface area (Å²) in [7, 11) is 0. The molecular weight excluding hydrogens is 374 g/mol. The van der Waals surface area contributed by atoms with E-state index in [2.05, 4.69) is 26.4 Å². The van der Waals surface area contributed by atoms with Gasteiger partial charge in [0.2, 0.25) is 5.91 Å².